The number of benzene rings is 2. The summed E-state index contributed by atoms with van der Waals surface area (Å²) in [6.45, 7) is -9.54. The minimum Gasteiger partial charge on any atom is -0.488 e. The van der Waals surface area contributed by atoms with Crippen LogP contribution in [0.15, 0.2) is 48.5 Å². The predicted molar refractivity (Wildman–Crippen MR) is 98.8 cm³/mol. The van der Waals surface area contributed by atoms with Crippen LogP contribution >= 0.6 is 0 Å². The van der Waals surface area contributed by atoms with Crippen molar-refractivity contribution in [1.29, 1.82) is 0 Å². The highest BCUT2D eigenvalue weighted by Gasteiger charge is 2.19. The van der Waals surface area contributed by atoms with Crippen LogP contribution in [0.25, 0.3) is 5.57 Å². The Labute approximate surface area is 163 Å². The lowest BCUT2D eigenvalue weighted by atomic mass is 9.92. The molecule has 3 rings (SSSR count). The Morgan fingerprint density at radius 3 is 3.04 bits per heavy atom. The monoisotopic (exact) mass is 348 g/mol. The summed E-state index contributed by atoms with van der Waals surface area (Å²) in [5.41, 5.74) is 0.877. The lowest BCUT2D eigenvalue weighted by Gasteiger charge is -2.13. The average molecular weight is 348 g/mol. The van der Waals surface area contributed by atoms with Crippen molar-refractivity contribution in [2.45, 2.75) is 19.4 Å². The molecule has 0 radical (unpaired) electrons. The summed E-state index contributed by atoms with van der Waals surface area (Å²) in [6.07, 6.45) is -0.225. The van der Waals surface area contributed by atoms with Crippen molar-refractivity contribution in [2.24, 2.45) is 0 Å². The van der Waals surface area contributed by atoms with Crippen LogP contribution in [0.4, 0.5) is 0 Å². The molecule has 0 atom stereocenters. The Bertz CT molecular complexity index is 1210. The number of nitrogens with zero attached hydrogens (tertiary/aromatic N) is 1. The van der Waals surface area contributed by atoms with Crippen molar-refractivity contribution in [3.05, 3.63) is 70.7 Å². The maximum Gasteiger partial charge on any atom is 0.307 e. The fourth-order valence-corrected chi connectivity index (χ4v) is 2.62. The van der Waals surface area contributed by atoms with Crippen molar-refractivity contribution in [3.8, 4) is 5.75 Å². The zero-order valence-electron chi connectivity index (χ0n) is 24.2. The topological polar surface area (TPSA) is 49.8 Å². The molecule has 1 aliphatic heterocycles. The molecule has 0 aliphatic carbocycles. The molecule has 1 heterocycles. The van der Waals surface area contributed by atoms with Crippen molar-refractivity contribution in [2.75, 3.05) is 20.4 Å². The predicted octanol–water partition coefficient (Wildman–Crippen LogP) is 3.59. The molecule has 0 saturated heterocycles. The zero-order chi connectivity index (χ0) is 27.2. The Hall–Kier alpha value is -2.59. The maximum absolute atomic E-state index is 11.4. The minimum atomic E-state index is -3.29. The molecule has 1 aliphatic rings. The number of carbonyl (C=O) groups is 1. The summed E-state index contributed by atoms with van der Waals surface area (Å²) in [6, 6.07) is 5.34. The second-order valence-corrected chi connectivity index (χ2v) is 5.39. The molecule has 4 nitrogen and oxygen atoms in total. The third-order valence-corrected chi connectivity index (χ3v) is 3.66. The molecule has 2 aromatic carbocycles. The van der Waals surface area contributed by atoms with Gasteiger partial charge in [0.15, 0.2) is 0 Å². The lowest BCUT2D eigenvalue weighted by Crippen LogP contribution is -2.12. The van der Waals surface area contributed by atoms with Crippen LogP contribution in [0.5, 0.6) is 5.75 Å². The molecule has 2 aromatic rings. The Kier molecular flexibility index (Phi) is 2.47. The SMILES string of the molecule is [2H]c1c([2H])c2c(c([2H])c1CC(=O)O)/C(=C/CC([2H])([2H])N(C([2H])([2H])[2H])C([2H])([2H])[2H])c1ccccc1CO2. The van der Waals surface area contributed by atoms with Gasteiger partial charge >= 0.3 is 5.97 Å². The van der Waals surface area contributed by atoms with E-state index in [1.807, 2.05) is 0 Å². The van der Waals surface area contributed by atoms with Crippen LogP contribution in [-0.4, -0.2) is 36.4 Å². The smallest absolute Gasteiger partial charge is 0.307 e. The molecule has 0 spiro atoms. The number of aliphatic carboxylic acids is 1. The van der Waals surface area contributed by atoms with Gasteiger partial charge in [0.05, 0.1) is 10.5 Å². The van der Waals surface area contributed by atoms with Gasteiger partial charge < -0.3 is 14.7 Å². The lowest BCUT2D eigenvalue weighted by molar-refractivity contribution is -0.136. The molecular weight excluding hydrogens is 314 g/mol. The molecule has 0 aromatic heterocycles. The number of rotatable bonds is 5. The minimum absolute atomic E-state index is 0.0534. The summed E-state index contributed by atoms with van der Waals surface area (Å²) in [4.78, 5) is 11.2. The molecule has 0 fully saturated rings. The van der Waals surface area contributed by atoms with Gasteiger partial charge in [-0.05, 0) is 54.7 Å². The van der Waals surface area contributed by atoms with Gasteiger partial charge in [0.1, 0.15) is 12.4 Å². The number of fused-ring (bicyclic) bond motifs is 2. The number of hydrogen-bond donors (Lipinski definition) is 1. The van der Waals surface area contributed by atoms with E-state index < -0.39 is 57.4 Å². The highest BCUT2D eigenvalue weighted by atomic mass is 16.5. The molecular formula is C21H23NO3. The first-order valence-corrected chi connectivity index (χ1v) is 7.53. The summed E-state index contributed by atoms with van der Waals surface area (Å²) in [5.74, 6) is -1.50. The van der Waals surface area contributed by atoms with Gasteiger partial charge in [-0.25, -0.2) is 0 Å². The number of ether oxygens (including phenoxy) is 1. The van der Waals surface area contributed by atoms with E-state index in [-0.39, 0.29) is 34.0 Å². The first kappa shape index (κ1) is 8.19. The van der Waals surface area contributed by atoms with Gasteiger partial charge in [0.2, 0.25) is 0 Å². The fraction of sp³-hybridized carbons (Fsp3) is 0.286. The van der Waals surface area contributed by atoms with E-state index in [2.05, 4.69) is 0 Å². The van der Waals surface area contributed by atoms with Crippen LogP contribution in [0.1, 0.15) is 43.8 Å². The van der Waals surface area contributed by atoms with Gasteiger partial charge in [0.25, 0.3) is 0 Å². The summed E-state index contributed by atoms with van der Waals surface area (Å²) < 4.78 is 93.0. The van der Waals surface area contributed by atoms with Crippen LogP contribution in [0.3, 0.4) is 0 Å². The number of hydrogen-bond acceptors (Lipinski definition) is 3. The van der Waals surface area contributed by atoms with E-state index in [0.717, 1.165) is 0 Å². The van der Waals surface area contributed by atoms with E-state index in [1.54, 1.807) is 24.3 Å². The number of carboxylic acid groups (broad SMARTS) is 1. The van der Waals surface area contributed by atoms with Gasteiger partial charge in [-0.3, -0.25) is 4.79 Å². The second-order valence-electron chi connectivity index (χ2n) is 5.39. The van der Waals surface area contributed by atoms with Crippen molar-refractivity contribution in [1.82, 2.24) is 4.90 Å². The molecule has 25 heavy (non-hydrogen) atoms. The molecule has 0 amide bonds. The third-order valence-electron chi connectivity index (χ3n) is 3.66. The van der Waals surface area contributed by atoms with Crippen molar-refractivity contribution in [3.63, 3.8) is 0 Å². The van der Waals surface area contributed by atoms with Crippen LogP contribution in [0, 0.1) is 0 Å². The Balaban J connectivity index is 2.29. The maximum atomic E-state index is 11.4. The van der Waals surface area contributed by atoms with Crippen molar-refractivity contribution < 1.29 is 29.7 Å². The normalized spacial score (nSPS) is 22.6. The molecule has 130 valence electrons. The van der Waals surface area contributed by atoms with Crippen LogP contribution < -0.4 is 4.74 Å². The van der Waals surface area contributed by atoms with E-state index >= 15 is 0 Å². The molecule has 0 bridgehead atoms. The molecule has 1 N–H and O–H groups in total. The van der Waals surface area contributed by atoms with Crippen molar-refractivity contribution >= 4 is 11.5 Å². The van der Waals surface area contributed by atoms with Crippen LogP contribution in [0.2, 0.25) is 0 Å². The van der Waals surface area contributed by atoms with E-state index in [0.29, 0.717) is 11.1 Å². The molecule has 4 heteroatoms. The highest BCUT2D eigenvalue weighted by Crippen LogP contribution is 2.37. The first-order valence-electron chi connectivity index (χ1n) is 13.0. The van der Waals surface area contributed by atoms with Gasteiger partial charge in [-0.2, -0.15) is 0 Å². The quantitative estimate of drug-likeness (QED) is 0.897. The summed E-state index contributed by atoms with van der Waals surface area (Å²) in [7, 11) is 0. The van der Waals surface area contributed by atoms with Gasteiger partial charge in [-0.1, -0.05) is 36.4 Å². The Morgan fingerprint density at radius 1 is 1.40 bits per heavy atom. The third kappa shape index (κ3) is 4.09. The van der Waals surface area contributed by atoms with Gasteiger partial charge in [-0.15, -0.1) is 0 Å². The molecule has 0 unspecified atom stereocenters. The van der Waals surface area contributed by atoms with E-state index in [9.17, 15) is 9.90 Å². The largest absolute Gasteiger partial charge is 0.488 e. The first-order chi connectivity index (χ1) is 16.5. The highest BCUT2D eigenvalue weighted by molar-refractivity contribution is 5.85. The number of carboxylic acids is 1. The molecule has 0 saturated carbocycles. The van der Waals surface area contributed by atoms with E-state index in [4.69, 9.17) is 19.8 Å². The standard InChI is InChI=1S/C21H23NO3/c1-22(2)11-5-8-18-17-7-4-3-6-16(17)14-25-20-10-9-15(12-19(18)20)13-21(23)24/h3-4,6-10,12H,5,11,13-14H2,1-2H3,(H,23,24)/b18-8+/i1D3,2D3,9D,10D,11D2,12D. The summed E-state index contributed by atoms with van der Waals surface area (Å²) >= 11 is 0. The van der Waals surface area contributed by atoms with Crippen LogP contribution in [-0.2, 0) is 17.8 Å². The van der Waals surface area contributed by atoms with Gasteiger partial charge in [0, 0.05) is 23.0 Å². The Morgan fingerprint density at radius 2 is 2.24 bits per heavy atom. The average Bonchev–Trinajstić information content (AvgIpc) is 2.88. The fourth-order valence-electron chi connectivity index (χ4n) is 2.62. The summed E-state index contributed by atoms with van der Waals surface area (Å²) in [5, 5.41) is 9.28. The zero-order valence-corrected chi connectivity index (χ0v) is 13.2. The second kappa shape index (κ2) is 7.53. The van der Waals surface area contributed by atoms with E-state index in [1.165, 1.54) is 6.08 Å².